The van der Waals surface area contributed by atoms with Crippen molar-refractivity contribution in [2.75, 3.05) is 0 Å². The molecule has 122 valence electrons. The highest BCUT2D eigenvalue weighted by molar-refractivity contribution is 5.92. The van der Waals surface area contributed by atoms with Crippen LogP contribution in [0.3, 0.4) is 0 Å². The van der Waals surface area contributed by atoms with Crippen molar-refractivity contribution in [3.8, 4) is 23.0 Å². The minimum Gasteiger partial charge on any atom is -0.507 e. The van der Waals surface area contributed by atoms with Crippen LogP contribution in [0.2, 0.25) is 0 Å². The third kappa shape index (κ3) is 2.90. The van der Waals surface area contributed by atoms with Gasteiger partial charge >= 0.3 is 11.7 Å². The number of aromatic carboxylic acids is 1. The predicted octanol–water partition coefficient (Wildman–Crippen LogP) is 1.43. The zero-order valence-electron chi connectivity index (χ0n) is 12.0. The number of rotatable bonds is 4. The highest BCUT2D eigenvalue weighted by Crippen LogP contribution is 2.27. The van der Waals surface area contributed by atoms with E-state index >= 15 is 0 Å². The van der Waals surface area contributed by atoms with Crippen molar-refractivity contribution in [1.82, 2.24) is 9.66 Å². The van der Waals surface area contributed by atoms with Crippen LogP contribution in [0.15, 0.2) is 50.8 Å². The van der Waals surface area contributed by atoms with Gasteiger partial charge in [-0.25, -0.2) is 9.59 Å². The molecule has 0 aliphatic carbocycles. The van der Waals surface area contributed by atoms with Gasteiger partial charge in [-0.15, -0.1) is 0 Å². The number of carboxylic acids is 1. The fourth-order valence-corrected chi connectivity index (χ4v) is 2.02. The summed E-state index contributed by atoms with van der Waals surface area (Å²) in [7, 11) is 0. The zero-order chi connectivity index (χ0) is 17.3. The van der Waals surface area contributed by atoms with Gasteiger partial charge in [0.2, 0.25) is 5.88 Å². The number of nitrogens with one attached hydrogen (secondary N) is 1. The first kappa shape index (κ1) is 15.2. The number of hydrogen-bond acceptors (Lipinski definition) is 6. The van der Waals surface area contributed by atoms with E-state index in [4.69, 9.17) is 14.6 Å². The fourth-order valence-electron chi connectivity index (χ4n) is 2.02. The minimum atomic E-state index is -1.26. The van der Waals surface area contributed by atoms with E-state index in [9.17, 15) is 14.7 Å². The van der Waals surface area contributed by atoms with E-state index in [2.05, 4.69) is 10.1 Å². The number of aromatic nitrogens is 2. The summed E-state index contributed by atoms with van der Waals surface area (Å²) in [6.45, 7) is 0. The Hall–Kier alpha value is -3.75. The van der Waals surface area contributed by atoms with Gasteiger partial charge in [0.05, 0.1) is 12.4 Å². The Balaban J connectivity index is 1.88. The summed E-state index contributed by atoms with van der Waals surface area (Å²) >= 11 is 0. The molecule has 0 atom stereocenters. The fraction of sp³-hybridized carbons (Fsp3) is 0. The Labute approximate surface area is 133 Å². The van der Waals surface area contributed by atoms with E-state index in [1.54, 1.807) is 12.1 Å². The lowest BCUT2D eigenvalue weighted by Gasteiger charge is -2.02. The highest BCUT2D eigenvalue weighted by atomic mass is 16.4. The van der Waals surface area contributed by atoms with E-state index < -0.39 is 11.7 Å². The number of phenols is 1. The molecule has 24 heavy (non-hydrogen) atoms. The molecule has 0 saturated heterocycles. The summed E-state index contributed by atoms with van der Waals surface area (Å²) in [6.07, 6.45) is 2.36. The number of imidazole rings is 1. The van der Waals surface area contributed by atoms with E-state index in [0.29, 0.717) is 17.1 Å². The van der Waals surface area contributed by atoms with Crippen LogP contribution in [-0.4, -0.2) is 37.2 Å². The summed E-state index contributed by atoms with van der Waals surface area (Å²) in [4.78, 5) is 24.5. The molecule has 9 heteroatoms. The Kier molecular flexibility index (Phi) is 3.66. The molecule has 3 aromatic rings. The Bertz CT molecular complexity index is 995. The largest absolute Gasteiger partial charge is 0.507 e. The minimum absolute atomic E-state index is 0.242. The number of carbonyl (C=O) groups is 1. The summed E-state index contributed by atoms with van der Waals surface area (Å²) in [6, 6.07) is 7.22. The van der Waals surface area contributed by atoms with Gasteiger partial charge < -0.3 is 19.7 Å². The lowest BCUT2D eigenvalue weighted by Crippen LogP contribution is -2.11. The Morgan fingerprint density at radius 2 is 2.04 bits per heavy atom. The van der Waals surface area contributed by atoms with Crippen LogP contribution in [0.5, 0.6) is 11.6 Å². The molecule has 4 N–H and O–H groups in total. The third-order valence-corrected chi connectivity index (χ3v) is 3.14. The molecule has 0 fully saturated rings. The number of aromatic hydroxyl groups is 2. The monoisotopic (exact) mass is 329 g/mol. The molecule has 1 aromatic carbocycles. The lowest BCUT2D eigenvalue weighted by atomic mass is 10.1. The molecule has 9 nitrogen and oxygen atoms in total. The van der Waals surface area contributed by atoms with Gasteiger partial charge in [-0.3, -0.25) is 4.98 Å². The standard InChI is InChI=1S/C15H11N3O6/c19-11-3-1-8(5-10(11)14(21)22)12-4-2-9(24-12)6-16-18-7-13(20)17-15(18)23/h1-7,19-20H,(H,17,23)(H,21,22)/b16-6+. The predicted molar refractivity (Wildman–Crippen MR) is 82.5 cm³/mol. The second kappa shape index (κ2) is 5.80. The summed E-state index contributed by atoms with van der Waals surface area (Å²) in [5, 5.41) is 31.5. The molecule has 0 bridgehead atoms. The van der Waals surface area contributed by atoms with E-state index in [-0.39, 0.29) is 17.2 Å². The molecule has 0 radical (unpaired) electrons. The molecule has 0 unspecified atom stereocenters. The van der Waals surface area contributed by atoms with Crippen LogP contribution in [0.1, 0.15) is 16.1 Å². The summed E-state index contributed by atoms with van der Waals surface area (Å²) in [5.41, 5.74) is -0.394. The van der Waals surface area contributed by atoms with Crippen molar-refractivity contribution in [2.45, 2.75) is 0 Å². The van der Waals surface area contributed by atoms with Crippen LogP contribution in [0, 0.1) is 0 Å². The van der Waals surface area contributed by atoms with Gasteiger partial charge in [-0.05, 0) is 30.3 Å². The van der Waals surface area contributed by atoms with Crippen LogP contribution in [-0.2, 0) is 0 Å². The van der Waals surface area contributed by atoms with Crippen molar-refractivity contribution in [2.24, 2.45) is 5.10 Å². The van der Waals surface area contributed by atoms with E-state index in [1.807, 2.05) is 0 Å². The molecule has 0 spiro atoms. The van der Waals surface area contributed by atoms with Crippen molar-refractivity contribution in [3.05, 3.63) is 58.3 Å². The first-order chi connectivity index (χ1) is 11.4. The normalized spacial score (nSPS) is 11.2. The zero-order valence-corrected chi connectivity index (χ0v) is 12.0. The average molecular weight is 329 g/mol. The molecule has 0 saturated carbocycles. The van der Waals surface area contributed by atoms with Crippen LogP contribution < -0.4 is 5.69 Å². The number of carboxylic acid groups (broad SMARTS) is 1. The maximum absolute atomic E-state index is 11.3. The molecule has 3 rings (SSSR count). The SMILES string of the molecule is O=C(O)c1cc(-c2ccc(/C=N/n3cc(O)[nH]c3=O)o2)ccc1O. The number of furan rings is 1. The number of aromatic amines is 1. The number of hydrogen-bond donors (Lipinski definition) is 4. The van der Waals surface area contributed by atoms with Crippen molar-refractivity contribution in [1.29, 1.82) is 0 Å². The van der Waals surface area contributed by atoms with Crippen molar-refractivity contribution in [3.63, 3.8) is 0 Å². The van der Waals surface area contributed by atoms with Crippen molar-refractivity contribution < 1.29 is 24.5 Å². The van der Waals surface area contributed by atoms with E-state index in [1.165, 1.54) is 24.4 Å². The van der Waals surface area contributed by atoms with Gasteiger partial charge in [-0.2, -0.15) is 9.78 Å². The van der Waals surface area contributed by atoms with Gasteiger partial charge in [0.15, 0.2) is 0 Å². The highest BCUT2D eigenvalue weighted by Gasteiger charge is 2.12. The topological polar surface area (TPSA) is 141 Å². The number of nitrogens with zero attached hydrogens (tertiary/aromatic N) is 2. The maximum atomic E-state index is 11.3. The second-order valence-corrected chi connectivity index (χ2v) is 4.77. The molecule has 0 aliphatic heterocycles. The summed E-state index contributed by atoms with van der Waals surface area (Å²) in [5.74, 6) is -1.24. The molecular weight excluding hydrogens is 318 g/mol. The molecular formula is C15H11N3O6. The van der Waals surface area contributed by atoms with Crippen LogP contribution >= 0.6 is 0 Å². The van der Waals surface area contributed by atoms with E-state index in [0.717, 1.165) is 10.9 Å². The van der Waals surface area contributed by atoms with Gasteiger partial charge in [0.25, 0.3) is 0 Å². The third-order valence-electron chi connectivity index (χ3n) is 3.14. The lowest BCUT2D eigenvalue weighted by molar-refractivity contribution is 0.0694. The molecule has 2 aromatic heterocycles. The quantitative estimate of drug-likeness (QED) is 0.534. The number of H-pyrrole nitrogens is 1. The van der Waals surface area contributed by atoms with Crippen molar-refractivity contribution >= 4 is 12.2 Å². The average Bonchev–Trinajstić information content (AvgIpc) is 3.12. The van der Waals surface area contributed by atoms with Gasteiger partial charge in [0.1, 0.15) is 22.8 Å². The smallest absolute Gasteiger partial charge is 0.349 e. The Morgan fingerprint density at radius 1 is 1.25 bits per heavy atom. The Morgan fingerprint density at radius 3 is 2.71 bits per heavy atom. The molecule has 2 heterocycles. The van der Waals surface area contributed by atoms with Crippen LogP contribution in [0.25, 0.3) is 11.3 Å². The molecule has 0 amide bonds. The first-order valence-corrected chi connectivity index (χ1v) is 6.65. The molecule has 0 aliphatic rings. The van der Waals surface area contributed by atoms with Crippen LogP contribution in [0.4, 0.5) is 0 Å². The first-order valence-electron chi connectivity index (χ1n) is 6.65. The maximum Gasteiger partial charge on any atom is 0.349 e. The number of benzene rings is 1. The van der Waals surface area contributed by atoms with Gasteiger partial charge in [-0.1, -0.05) is 0 Å². The van der Waals surface area contributed by atoms with Gasteiger partial charge in [0, 0.05) is 5.56 Å². The second-order valence-electron chi connectivity index (χ2n) is 4.77. The summed E-state index contributed by atoms with van der Waals surface area (Å²) < 4.78 is 6.39.